The molecule has 92 valence electrons. The smallest absolute Gasteiger partial charge is 0.167 e. The van der Waals surface area contributed by atoms with Gasteiger partial charge in [0.2, 0.25) is 0 Å². The molecule has 0 bridgehead atoms. The van der Waals surface area contributed by atoms with Crippen LogP contribution < -0.4 is 4.74 Å². The quantitative estimate of drug-likeness (QED) is 0.830. The van der Waals surface area contributed by atoms with Gasteiger partial charge in [0.05, 0.1) is 22.2 Å². The van der Waals surface area contributed by atoms with Crippen LogP contribution in [0, 0.1) is 28.5 Å². The Balaban J connectivity index is 2.30. The zero-order valence-electron chi connectivity index (χ0n) is 9.52. The van der Waals surface area contributed by atoms with Gasteiger partial charge in [0.15, 0.2) is 11.6 Å². The van der Waals surface area contributed by atoms with Gasteiger partial charge in [-0.1, -0.05) is 11.6 Å². The molecule has 0 unspecified atom stereocenters. The third-order valence-corrected chi connectivity index (χ3v) is 2.66. The molecule has 2 aromatic carbocycles. The van der Waals surface area contributed by atoms with Crippen molar-refractivity contribution in [1.82, 2.24) is 0 Å². The van der Waals surface area contributed by atoms with Crippen molar-refractivity contribution in [2.24, 2.45) is 0 Å². The van der Waals surface area contributed by atoms with Crippen molar-refractivity contribution in [3.05, 3.63) is 58.4 Å². The van der Waals surface area contributed by atoms with Gasteiger partial charge in [-0.25, -0.2) is 4.39 Å². The van der Waals surface area contributed by atoms with Crippen molar-refractivity contribution >= 4 is 11.6 Å². The molecule has 3 nitrogen and oxygen atoms in total. The van der Waals surface area contributed by atoms with Crippen molar-refractivity contribution in [2.75, 3.05) is 0 Å². The summed E-state index contributed by atoms with van der Waals surface area (Å²) in [5.74, 6) is -0.341. The minimum atomic E-state index is -0.639. The number of benzene rings is 2. The Labute approximate surface area is 114 Å². The van der Waals surface area contributed by atoms with Crippen LogP contribution in [0.3, 0.4) is 0 Å². The van der Waals surface area contributed by atoms with E-state index in [0.29, 0.717) is 11.3 Å². The van der Waals surface area contributed by atoms with Gasteiger partial charge in [-0.15, -0.1) is 0 Å². The molecule has 0 saturated carbocycles. The summed E-state index contributed by atoms with van der Waals surface area (Å²) in [6.45, 7) is 0. The summed E-state index contributed by atoms with van der Waals surface area (Å²) in [5, 5.41) is 17.6. The maximum absolute atomic E-state index is 13.6. The molecule has 0 aromatic heterocycles. The van der Waals surface area contributed by atoms with Gasteiger partial charge in [0.1, 0.15) is 11.8 Å². The van der Waals surface area contributed by atoms with Crippen molar-refractivity contribution in [3.8, 4) is 23.6 Å². The van der Waals surface area contributed by atoms with Crippen LogP contribution in [0.4, 0.5) is 4.39 Å². The molecule has 0 radical (unpaired) electrons. The number of rotatable bonds is 2. The lowest BCUT2D eigenvalue weighted by molar-refractivity contribution is 0.442. The molecular weight excluding hydrogens is 267 g/mol. The Morgan fingerprint density at radius 2 is 1.84 bits per heavy atom. The number of nitrogens with zero attached hydrogens (tertiary/aromatic N) is 2. The Hall–Kier alpha value is -2.56. The highest BCUT2D eigenvalue weighted by Crippen LogP contribution is 2.28. The van der Waals surface area contributed by atoms with Crippen LogP contribution in [0.25, 0.3) is 0 Å². The minimum Gasteiger partial charge on any atom is -0.454 e. The molecule has 0 spiro atoms. The summed E-state index contributed by atoms with van der Waals surface area (Å²) < 4.78 is 18.9. The molecule has 5 heteroatoms. The molecule has 0 atom stereocenters. The lowest BCUT2D eigenvalue weighted by atomic mass is 10.2. The zero-order chi connectivity index (χ0) is 13.8. The van der Waals surface area contributed by atoms with Crippen LogP contribution in [0.1, 0.15) is 11.1 Å². The summed E-state index contributed by atoms with van der Waals surface area (Å²) in [5.41, 5.74) is 0.525. The SMILES string of the molecule is N#Cc1ccc(Oc2ccc(C#N)c(Cl)c2)c(F)c1. The van der Waals surface area contributed by atoms with E-state index in [2.05, 4.69) is 0 Å². The summed E-state index contributed by atoms with van der Waals surface area (Å²) in [6, 6.07) is 12.1. The van der Waals surface area contributed by atoms with E-state index < -0.39 is 5.82 Å². The van der Waals surface area contributed by atoms with E-state index in [1.165, 1.54) is 30.3 Å². The molecule has 0 fully saturated rings. The first kappa shape index (κ1) is 12.9. The average molecular weight is 273 g/mol. The fraction of sp³-hybridized carbons (Fsp3) is 0. The molecule has 0 amide bonds. The Morgan fingerprint density at radius 3 is 2.42 bits per heavy atom. The second-order valence-corrected chi connectivity index (χ2v) is 4.02. The van der Waals surface area contributed by atoms with Gasteiger partial charge in [-0.05, 0) is 30.3 Å². The second kappa shape index (κ2) is 5.39. The number of hydrogen-bond acceptors (Lipinski definition) is 3. The Morgan fingerprint density at radius 1 is 1.05 bits per heavy atom. The number of halogens is 2. The van der Waals surface area contributed by atoms with Gasteiger partial charge in [0.25, 0.3) is 0 Å². The monoisotopic (exact) mass is 272 g/mol. The highest BCUT2D eigenvalue weighted by atomic mass is 35.5. The zero-order valence-corrected chi connectivity index (χ0v) is 10.3. The summed E-state index contributed by atoms with van der Waals surface area (Å²) in [7, 11) is 0. The van der Waals surface area contributed by atoms with Crippen LogP contribution >= 0.6 is 11.6 Å². The normalized spacial score (nSPS) is 9.47. The van der Waals surface area contributed by atoms with Gasteiger partial charge in [0, 0.05) is 6.07 Å². The van der Waals surface area contributed by atoms with E-state index in [4.69, 9.17) is 26.9 Å². The lowest BCUT2D eigenvalue weighted by Gasteiger charge is -2.07. The molecular formula is C14H6ClFN2O. The van der Waals surface area contributed by atoms with Gasteiger partial charge < -0.3 is 4.74 Å². The average Bonchev–Trinajstić information content (AvgIpc) is 2.41. The van der Waals surface area contributed by atoms with Crippen LogP contribution in [-0.4, -0.2) is 0 Å². The number of ether oxygens (including phenoxy) is 1. The fourth-order valence-corrected chi connectivity index (χ4v) is 1.64. The predicted molar refractivity (Wildman–Crippen MR) is 67.4 cm³/mol. The molecule has 2 aromatic rings. The predicted octanol–water partition coefficient (Wildman–Crippen LogP) is 4.01. The van der Waals surface area contributed by atoms with Crippen LogP contribution in [0.5, 0.6) is 11.5 Å². The summed E-state index contributed by atoms with van der Waals surface area (Å²) in [6.07, 6.45) is 0. The van der Waals surface area contributed by atoms with E-state index in [1.807, 2.05) is 12.1 Å². The topological polar surface area (TPSA) is 56.8 Å². The molecule has 0 aliphatic rings. The van der Waals surface area contributed by atoms with Crippen molar-refractivity contribution in [3.63, 3.8) is 0 Å². The fourth-order valence-electron chi connectivity index (χ4n) is 1.43. The summed E-state index contributed by atoms with van der Waals surface area (Å²) >= 11 is 5.84. The van der Waals surface area contributed by atoms with Crippen LogP contribution in [0.2, 0.25) is 5.02 Å². The van der Waals surface area contributed by atoms with Crippen LogP contribution in [0.15, 0.2) is 36.4 Å². The molecule has 19 heavy (non-hydrogen) atoms. The van der Waals surface area contributed by atoms with E-state index in [-0.39, 0.29) is 16.3 Å². The first-order valence-corrected chi connectivity index (χ1v) is 5.59. The molecule has 0 heterocycles. The Kier molecular flexibility index (Phi) is 3.66. The molecule has 0 saturated heterocycles. The first-order chi connectivity index (χ1) is 9.13. The highest BCUT2D eigenvalue weighted by Gasteiger charge is 2.08. The largest absolute Gasteiger partial charge is 0.454 e. The second-order valence-electron chi connectivity index (χ2n) is 3.61. The van der Waals surface area contributed by atoms with Crippen molar-refractivity contribution < 1.29 is 9.13 Å². The maximum atomic E-state index is 13.6. The van der Waals surface area contributed by atoms with Crippen molar-refractivity contribution in [1.29, 1.82) is 10.5 Å². The van der Waals surface area contributed by atoms with Gasteiger partial charge in [-0.2, -0.15) is 10.5 Å². The molecule has 0 aliphatic heterocycles. The van der Waals surface area contributed by atoms with E-state index >= 15 is 0 Å². The van der Waals surface area contributed by atoms with Gasteiger partial charge >= 0.3 is 0 Å². The van der Waals surface area contributed by atoms with Gasteiger partial charge in [-0.3, -0.25) is 0 Å². The first-order valence-electron chi connectivity index (χ1n) is 5.21. The standard InChI is InChI=1S/C14H6ClFN2O/c15-12-6-11(3-2-10(12)8-18)19-14-4-1-9(7-17)5-13(14)16/h1-6H. The number of nitriles is 2. The Bertz CT molecular complexity index is 716. The maximum Gasteiger partial charge on any atom is 0.167 e. The van der Waals surface area contributed by atoms with E-state index in [9.17, 15) is 4.39 Å². The summed E-state index contributed by atoms with van der Waals surface area (Å²) in [4.78, 5) is 0. The minimum absolute atomic E-state index is 0.0141. The lowest BCUT2D eigenvalue weighted by Crippen LogP contribution is -1.90. The third-order valence-electron chi connectivity index (χ3n) is 2.35. The molecule has 2 rings (SSSR count). The third kappa shape index (κ3) is 2.82. The molecule has 0 N–H and O–H groups in total. The van der Waals surface area contributed by atoms with Crippen molar-refractivity contribution in [2.45, 2.75) is 0 Å². The molecule has 0 aliphatic carbocycles. The number of hydrogen-bond donors (Lipinski definition) is 0. The van der Waals surface area contributed by atoms with Crippen LogP contribution in [-0.2, 0) is 0 Å². The van der Waals surface area contributed by atoms with E-state index in [0.717, 1.165) is 6.07 Å². The highest BCUT2D eigenvalue weighted by molar-refractivity contribution is 6.31. The van der Waals surface area contributed by atoms with E-state index in [1.54, 1.807) is 0 Å².